The van der Waals surface area contributed by atoms with E-state index in [-0.39, 0.29) is 0 Å². The largest absolute Gasteiger partial charge is 0.497 e. The van der Waals surface area contributed by atoms with Crippen molar-refractivity contribution in [2.45, 2.75) is 50.4 Å². The lowest BCUT2D eigenvalue weighted by molar-refractivity contribution is 0.127. The van der Waals surface area contributed by atoms with Gasteiger partial charge in [0.05, 0.1) is 14.2 Å². The second-order valence-corrected chi connectivity index (χ2v) is 7.76. The minimum Gasteiger partial charge on any atom is -0.497 e. The number of fused-ring (bicyclic) bond motifs is 2. The summed E-state index contributed by atoms with van der Waals surface area (Å²) in [5, 5.41) is 7.79. The van der Waals surface area contributed by atoms with E-state index in [0.717, 1.165) is 23.6 Å². The SMILES string of the molecule is COc1ccc(OC)c(CNC2C3CCCC(C3)NC2c2ccccc2)c1. The van der Waals surface area contributed by atoms with E-state index in [1.165, 1.54) is 31.2 Å². The molecule has 2 aliphatic rings. The predicted molar refractivity (Wildman–Crippen MR) is 108 cm³/mol. The molecule has 4 heteroatoms. The Morgan fingerprint density at radius 2 is 1.89 bits per heavy atom. The van der Waals surface area contributed by atoms with Gasteiger partial charge in [-0.1, -0.05) is 36.8 Å². The fourth-order valence-electron chi connectivity index (χ4n) is 4.83. The van der Waals surface area contributed by atoms with Crippen molar-refractivity contribution < 1.29 is 9.47 Å². The van der Waals surface area contributed by atoms with Gasteiger partial charge in [0.15, 0.2) is 0 Å². The van der Waals surface area contributed by atoms with Crippen LogP contribution in [0.1, 0.15) is 42.9 Å². The molecule has 1 saturated heterocycles. The summed E-state index contributed by atoms with van der Waals surface area (Å²) in [6.45, 7) is 0.775. The third-order valence-corrected chi connectivity index (χ3v) is 6.17. The van der Waals surface area contributed by atoms with Crippen LogP contribution in [0.2, 0.25) is 0 Å². The van der Waals surface area contributed by atoms with Crippen molar-refractivity contribution in [2.24, 2.45) is 5.92 Å². The molecule has 2 fully saturated rings. The lowest BCUT2D eigenvalue weighted by atomic mass is 9.73. The third kappa shape index (κ3) is 3.97. The van der Waals surface area contributed by atoms with Crippen molar-refractivity contribution in [1.29, 1.82) is 0 Å². The number of hydrogen-bond acceptors (Lipinski definition) is 4. The van der Waals surface area contributed by atoms with Gasteiger partial charge in [0, 0.05) is 30.2 Å². The number of piperidine rings is 1. The second-order valence-electron chi connectivity index (χ2n) is 7.76. The minimum atomic E-state index is 0.354. The highest BCUT2D eigenvalue weighted by atomic mass is 16.5. The van der Waals surface area contributed by atoms with Gasteiger partial charge in [-0.2, -0.15) is 0 Å². The molecule has 2 aromatic rings. The van der Waals surface area contributed by atoms with E-state index in [9.17, 15) is 0 Å². The van der Waals surface area contributed by atoms with Gasteiger partial charge in [-0.15, -0.1) is 0 Å². The first-order chi connectivity index (χ1) is 13.3. The van der Waals surface area contributed by atoms with Crippen molar-refractivity contribution in [3.05, 3.63) is 59.7 Å². The minimum absolute atomic E-state index is 0.354. The van der Waals surface area contributed by atoms with Crippen LogP contribution in [0.3, 0.4) is 0 Å². The molecule has 0 amide bonds. The first-order valence-electron chi connectivity index (χ1n) is 10.0. The van der Waals surface area contributed by atoms with E-state index < -0.39 is 0 Å². The molecule has 4 nitrogen and oxygen atoms in total. The molecule has 1 aliphatic heterocycles. The molecule has 2 bridgehead atoms. The molecule has 0 radical (unpaired) electrons. The second kappa shape index (κ2) is 8.32. The summed E-state index contributed by atoms with van der Waals surface area (Å²) < 4.78 is 11.0. The molecule has 2 aromatic carbocycles. The van der Waals surface area contributed by atoms with Crippen molar-refractivity contribution in [2.75, 3.05) is 14.2 Å². The monoisotopic (exact) mass is 366 g/mol. The van der Waals surface area contributed by atoms with Gasteiger partial charge in [0.2, 0.25) is 0 Å². The fraction of sp³-hybridized carbons (Fsp3) is 0.478. The number of methoxy groups -OCH3 is 2. The number of rotatable bonds is 6. The number of ether oxygens (including phenoxy) is 2. The topological polar surface area (TPSA) is 42.5 Å². The molecule has 1 aliphatic carbocycles. The van der Waals surface area contributed by atoms with Crippen LogP contribution in [-0.2, 0) is 6.54 Å². The zero-order valence-corrected chi connectivity index (χ0v) is 16.3. The summed E-state index contributed by atoms with van der Waals surface area (Å²) >= 11 is 0. The summed E-state index contributed by atoms with van der Waals surface area (Å²) in [4.78, 5) is 0. The van der Waals surface area contributed by atoms with Crippen LogP contribution in [0.15, 0.2) is 48.5 Å². The van der Waals surface area contributed by atoms with E-state index >= 15 is 0 Å². The van der Waals surface area contributed by atoms with Crippen LogP contribution in [0.5, 0.6) is 11.5 Å². The average Bonchev–Trinajstić information content (AvgIpc) is 2.73. The Bertz CT molecular complexity index is 749. The molecule has 1 heterocycles. The Morgan fingerprint density at radius 3 is 2.67 bits per heavy atom. The predicted octanol–water partition coefficient (Wildman–Crippen LogP) is 4.07. The number of nitrogens with one attached hydrogen (secondary N) is 2. The molecule has 27 heavy (non-hydrogen) atoms. The Labute approximate surface area is 162 Å². The van der Waals surface area contributed by atoms with Crippen molar-refractivity contribution in [1.82, 2.24) is 10.6 Å². The quantitative estimate of drug-likeness (QED) is 0.809. The summed E-state index contributed by atoms with van der Waals surface area (Å²) in [6, 6.07) is 18.3. The molecule has 4 unspecified atom stereocenters. The highest BCUT2D eigenvalue weighted by Gasteiger charge is 2.39. The molecule has 4 rings (SSSR count). The van der Waals surface area contributed by atoms with Crippen LogP contribution >= 0.6 is 0 Å². The summed E-state index contributed by atoms with van der Waals surface area (Å²) in [7, 11) is 3.43. The zero-order valence-electron chi connectivity index (χ0n) is 16.3. The van der Waals surface area contributed by atoms with Gasteiger partial charge in [0.25, 0.3) is 0 Å². The first kappa shape index (κ1) is 18.3. The van der Waals surface area contributed by atoms with Crippen molar-refractivity contribution >= 4 is 0 Å². The van der Waals surface area contributed by atoms with E-state index in [0.29, 0.717) is 24.0 Å². The number of benzene rings is 2. The van der Waals surface area contributed by atoms with Gasteiger partial charge >= 0.3 is 0 Å². The Kier molecular flexibility index (Phi) is 5.65. The highest BCUT2D eigenvalue weighted by molar-refractivity contribution is 5.40. The van der Waals surface area contributed by atoms with Crippen LogP contribution in [0.25, 0.3) is 0 Å². The molecule has 144 valence electrons. The maximum atomic E-state index is 5.57. The first-order valence-corrected chi connectivity index (χ1v) is 10.0. The fourth-order valence-corrected chi connectivity index (χ4v) is 4.83. The van der Waals surface area contributed by atoms with Gasteiger partial charge in [-0.25, -0.2) is 0 Å². The molecule has 2 N–H and O–H groups in total. The van der Waals surface area contributed by atoms with Gasteiger partial charge in [0.1, 0.15) is 11.5 Å². The summed E-state index contributed by atoms with van der Waals surface area (Å²) in [5.74, 6) is 2.49. The van der Waals surface area contributed by atoms with Crippen LogP contribution in [0, 0.1) is 5.92 Å². The molecule has 0 aromatic heterocycles. The van der Waals surface area contributed by atoms with Crippen LogP contribution in [-0.4, -0.2) is 26.3 Å². The molecule has 0 spiro atoms. The molecule has 4 atom stereocenters. The molecule has 1 saturated carbocycles. The van der Waals surface area contributed by atoms with Gasteiger partial charge in [-0.3, -0.25) is 0 Å². The Balaban J connectivity index is 1.56. The van der Waals surface area contributed by atoms with Crippen molar-refractivity contribution in [3.63, 3.8) is 0 Å². The van der Waals surface area contributed by atoms with Gasteiger partial charge in [-0.05, 0) is 48.9 Å². The van der Waals surface area contributed by atoms with Crippen molar-refractivity contribution in [3.8, 4) is 11.5 Å². The van der Waals surface area contributed by atoms with E-state index in [2.05, 4.69) is 47.0 Å². The average molecular weight is 367 g/mol. The third-order valence-electron chi connectivity index (χ3n) is 6.17. The van der Waals surface area contributed by atoms with Crippen LogP contribution < -0.4 is 20.1 Å². The van der Waals surface area contributed by atoms with E-state index in [1.54, 1.807) is 14.2 Å². The highest BCUT2D eigenvalue weighted by Crippen LogP contribution is 2.38. The Morgan fingerprint density at radius 1 is 1.04 bits per heavy atom. The lowest BCUT2D eigenvalue weighted by Crippen LogP contribution is -2.56. The lowest BCUT2D eigenvalue weighted by Gasteiger charge is -2.47. The summed E-state index contributed by atoms with van der Waals surface area (Å²) in [6.07, 6.45) is 5.21. The van der Waals surface area contributed by atoms with Crippen LogP contribution in [0.4, 0.5) is 0 Å². The zero-order chi connectivity index (χ0) is 18.6. The van der Waals surface area contributed by atoms with Gasteiger partial charge < -0.3 is 20.1 Å². The molecular weight excluding hydrogens is 336 g/mol. The molecular formula is C23H30N2O2. The standard InChI is InChI=1S/C23H30N2O2/c1-26-20-11-12-21(27-2)18(14-20)15-24-22-17-9-6-10-19(13-17)25-23(22)16-7-4-3-5-8-16/h3-5,7-8,11-12,14,17,19,22-25H,6,9-10,13,15H2,1-2H3. The maximum absolute atomic E-state index is 5.57. The smallest absolute Gasteiger partial charge is 0.123 e. The Hall–Kier alpha value is -2.04. The number of hydrogen-bond donors (Lipinski definition) is 2. The van der Waals surface area contributed by atoms with E-state index in [4.69, 9.17) is 9.47 Å². The normalized spacial score (nSPS) is 27.2. The maximum Gasteiger partial charge on any atom is 0.123 e. The van der Waals surface area contributed by atoms with E-state index in [1.807, 2.05) is 12.1 Å². The summed E-state index contributed by atoms with van der Waals surface area (Å²) in [5.41, 5.74) is 2.52.